The van der Waals surface area contributed by atoms with Crippen molar-refractivity contribution in [1.29, 1.82) is 10.5 Å². The second-order valence-corrected chi connectivity index (χ2v) is 11.2. The molecule has 0 radical (unpaired) electrons. The smallest absolute Gasteiger partial charge is 0.0992 e. The van der Waals surface area contributed by atoms with Crippen LogP contribution in [0.5, 0.6) is 0 Å². The van der Waals surface area contributed by atoms with Crippen LogP contribution in [0.4, 0.5) is 0 Å². The van der Waals surface area contributed by atoms with Crippen molar-refractivity contribution in [2.45, 2.75) is 6.04 Å². The van der Waals surface area contributed by atoms with Crippen LogP contribution >= 0.6 is 0 Å². The highest BCUT2D eigenvalue weighted by Gasteiger charge is 2.15. The molecular weight excluding hydrogens is 564 g/mol. The fraction of sp³-hybridized carbons (Fsp3) is 0.0250. The summed E-state index contributed by atoms with van der Waals surface area (Å²) in [6.07, 6.45) is 11.4. The van der Waals surface area contributed by atoms with E-state index in [9.17, 15) is 10.5 Å². The normalized spacial score (nSPS) is 14.0. The molecule has 7 aromatic rings. The van der Waals surface area contributed by atoms with Gasteiger partial charge in [0.2, 0.25) is 0 Å². The average molecular weight is 589 g/mol. The predicted octanol–water partition coefficient (Wildman–Crippen LogP) is 8.65. The van der Waals surface area contributed by atoms with Gasteiger partial charge in [0.15, 0.2) is 0 Å². The second-order valence-electron chi connectivity index (χ2n) is 11.2. The van der Waals surface area contributed by atoms with Gasteiger partial charge in [-0.1, -0.05) is 66.7 Å². The van der Waals surface area contributed by atoms with E-state index in [-0.39, 0.29) is 6.04 Å². The number of nitrogens with one attached hydrogen (secondary N) is 1. The van der Waals surface area contributed by atoms with Crippen molar-refractivity contribution in [3.8, 4) is 34.7 Å². The van der Waals surface area contributed by atoms with Gasteiger partial charge >= 0.3 is 0 Å². The minimum absolute atomic E-state index is 0.101. The summed E-state index contributed by atoms with van der Waals surface area (Å²) in [6, 6.07) is 37.1. The summed E-state index contributed by atoms with van der Waals surface area (Å²) in [5.41, 5.74) is 7.60. The number of nitrogens with zero attached hydrogens (tertiary/aromatic N) is 5. The molecule has 0 saturated heterocycles. The second kappa shape index (κ2) is 11.1. The Balaban J connectivity index is 1.20. The van der Waals surface area contributed by atoms with Crippen LogP contribution in [0, 0.1) is 22.7 Å². The maximum absolute atomic E-state index is 9.29. The first kappa shape index (κ1) is 27.0. The van der Waals surface area contributed by atoms with Crippen molar-refractivity contribution in [2.75, 3.05) is 0 Å². The highest BCUT2D eigenvalue weighted by atomic mass is 14.9. The molecule has 214 valence electrons. The fourth-order valence-corrected chi connectivity index (χ4v) is 6.21. The van der Waals surface area contributed by atoms with Crippen LogP contribution in [0.3, 0.4) is 0 Å². The Morgan fingerprint density at radius 2 is 1.22 bits per heavy atom. The monoisotopic (exact) mass is 588 g/mol. The van der Waals surface area contributed by atoms with Crippen molar-refractivity contribution < 1.29 is 0 Å². The molecule has 6 nitrogen and oxygen atoms in total. The van der Waals surface area contributed by atoms with Gasteiger partial charge in [0.25, 0.3) is 0 Å². The zero-order chi connectivity index (χ0) is 31.0. The molecular formula is C40H24N6. The standard InChI is InChI=1S/C40H24N6/c41-21-25-13-15-43-39(17-25)37-11-7-29(23-45-37)27-5-9-33-31-3-1-2-4-32(31)34-10-6-28(20-36(34)35(33)19-27)30-8-12-38(46-24-30)40-18-26(22-42)14-16-44-40/h1-20,23-24,37,45H. The third kappa shape index (κ3) is 4.72. The van der Waals surface area contributed by atoms with Gasteiger partial charge in [-0.3, -0.25) is 15.0 Å². The number of aromatic nitrogens is 3. The number of hydrogen-bond acceptors (Lipinski definition) is 6. The topological polar surface area (TPSA) is 98.3 Å². The SMILES string of the molecule is N#Cc1ccnc(-c2ccc(-c3ccc4c5ccccc5c5ccc(C6=CNC(c7cc(C#N)ccn7)C=C6)cc5c4c3)cn2)c1. The third-order valence-electron chi connectivity index (χ3n) is 8.53. The highest BCUT2D eigenvalue weighted by Crippen LogP contribution is 2.39. The number of dihydropyridines is 1. The molecule has 1 aliphatic rings. The number of rotatable bonds is 4. The lowest BCUT2D eigenvalue weighted by Gasteiger charge is -2.19. The third-order valence-corrected chi connectivity index (χ3v) is 8.53. The minimum Gasteiger partial charge on any atom is -0.379 e. The number of fused-ring (bicyclic) bond motifs is 6. The van der Waals surface area contributed by atoms with E-state index < -0.39 is 0 Å². The van der Waals surface area contributed by atoms with Gasteiger partial charge in [0.05, 0.1) is 46.4 Å². The minimum atomic E-state index is -0.101. The average Bonchev–Trinajstić information content (AvgIpc) is 3.14. The van der Waals surface area contributed by atoms with E-state index in [1.54, 1.807) is 30.6 Å². The molecule has 1 aliphatic heterocycles. The zero-order valence-corrected chi connectivity index (χ0v) is 24.5. The summed E-state index contributed by atoms with van der Waals surface area (Å²) < 4.78 is 0. The van der Waals surface area contributed by atoms with E-state index in [0.717, 1.165) is 33.7 Å². The number of benzene rings is 4. The lowest BCUT2D eigenvalue weighted by Crippen LogP contribution is -2.17. The van der Waals surface area contributed by atoms with Gasteiger partial charge < -0.3 is 5.32 Å². The molecule has 0 spiro atoms. The first-order valence-corrected chi connectivity index (χ1v) is 14.9. The van der Waals surface area contributed by atoms with Gasteiger partial charge in [-0.2, -0.15) is 10.5 Å². The first-order chi connectivity index (χ1) is 22.7. The van der Waals surface area contributed by atoms with Gasteiger partial charge in [0, 0.05) is 30.4 Å². The summed E-state index contributed by atoms with van der Waals surface area (Å²) in [7, 11) is 0. The number of pyridine rings is 3. The van der Waals surface area contributed by atoms with Gasteiger partial charge in [-0.15, -0.1) is 0 Å². The van der Waals surface area contributed by atoms with Gasteiger partial charge in [0.1, 0.15) is 0 Å². The van der Waals surface area contributed by atoms with Crippen molar-refractivity contribution in [3.63, 3.8) is 0 Å². The Hall–Kier alpha value is -6.63. The number of allylic oxidation sites excluding steroid dienone is 2. The van der Waals surface area contributed by atoms with E-state index in [0.29, 0.717) is 16.8 Å². The molecule has 8 rings (SSSR count). The van der Waals surface area contributed by atoms with Crippen molar-refractivity contribution in [2.24, 2.45) is 0 Å². The summed E-state index contributed by atoms with van der Waals surface area (Å²) in [5, 5.41) is 29.2. The summed E-state index contributed by atoms with van der Waals surface area (Å²) >= 11 is 0. The Kier molecular flexibility index (Phi) is 6.53. The maximum Gasteiger partial charge on any atom is 0.0992 e. The molecule has 0 aliphatic carbocycles. The lowest BCUT2D eigenvalue weighted by atomic mass is 9.90. The molecule has 0 amide bonds. The van der Waals surface area contributed by atoms with Crippen molar-refractivity contribution >= 4 is 37.9 Å². The maximum atomic E-state index is 9.29. The van der Waals surface area contributed by atoms with Crippen LogP contribution in [-0.4, -0.2) is 15.0 Å². The van der Waals surface area contributed by atoms with Crippen LogP contribution < -0.4 is 5.32 Å². The lowest BCUT2D eigenvalue weighted by molar-refractivity contribution is 0.723. The molecule has 0 saturated carbocycles. The molecule has 0 bridgehead atoms. The Morgan fingerprint density at radius 3 is 1.89 bits per heavy atom. The number of hydrogen-bond donors (Lipinski definition) is 1. The molecule has 6 heteroatoms. The van der Waals surface area contributed by atoms with Crippen LogP contribution in [0.2, 0.25) is 0 Å². The summed E-state index contributed by atoms with van der Waals surface area (Å²) in [5.74, 6) is 0. The van der Waals surface area contributed by atoms with Gasteiger partial charge in [-0.25, -0.2) is 0 Å². The Morgan fingerprint density at radius 1 is 0.565 bits per heavy atom. The van der Waals surface area contributed by atoms with E-state index in [4.69, 9.17) is 4.98 Å². The molecule has 4 heterocycles. The predicted molar refractivity (Wildman–Crippen MR) is 182 cm³/mol. The molecule has 1 atom stereocenters. The fourth-order valence-electron chi connectivity index (χ4n) is 6.21. The largest absolute Gasteiger partial charge is 0.379 e. The van der Waals surface area contributed by atoms with Crippen LogP contribution in [-0.2, 0) is 0 Å². The quantitative estimate of drug-likeness (QED) is 0.207. The Bertz CT molecular complexity index is 2480. The van der Waals surface area contributed by atoms with Gasteiger partial charge in [-0.05, 0) is 91.5 Å². The Labute approximate surface area is 265 Å². The molecule has 46 heavy (non-hydrogen) atoms. The van der Waals surface area contributed by atoms with E-state index >= 15 is 0 Å². The molecule has 1 N–H and O–H groups in total. The summed E-state index contributed by atoms with van der Waals surface area (Å²) in [6.45, 7) is 0. The van der Waals surface area contributed by atoms with Crippen LogP contribution in [0.15, 0.2) is 134 Å². The van der Waals surface area contributed by atoms with Crippen LogP contribution in [0.25, 0.3) is 60.4 Å². The molecule has 4 aromatic carbocycles. The van der Waals surface area contributed by atoms with E-state index in [2.05, 4.69) is 106 Å². The first-order valence-electron chi connectivity index (χ1n) is 14.9. The molecule has 1 unspecified atom stereocenters. The molecule has 3 aromatic heterocycles. The molecule has 0 fully saturated rings. The highest BCUT2D eigenvalue weighted by molar-refractivity contribution is 6.26. The van der Waals surface area contributed by atoms with E-state index in [1.807, 2.05) is 24.5 Å². The van der Waals surface area contributed by atoms with Crippen molar-refractivity contribution in [3.05, 3.63) is 156 Å². The van der Waals surface area contributed by atoms with E-state index in [1.165, 1.54) is 32.3 Å². The zero-order valence-electron chi connectivity index (χ0n) is 24.5. The number of nitriles is 2. The van der Waals surface area contributed by atoms with Crippen molar-refractivity contribution in [1.82, 2.24) is 20.3 Å². The summed E-state index contributed by atoms with van der Waals surface area (Å²) in [4.78, 5) is 13.5. The van der Waals surface area contributed by atoms with Crippen LogP contribution in [0.1, 0.15) is 28.4 Å².